The third kappa shape index (κ3) is 2.54. The number of aromatic nitrogens is 2. The Labute approximate surface area is 101 Å². The average Bonchev–Trinajstić information content (AvgIpc) is 2.32. The van der Waals surface area contributed by atoms with Crippen LogP contribution in [0.15, 0.2) is 12.1 Å². The van der Waals surface area contributed by atoms with Gasteiger partial charge in [-0.3, -0.25) is 4.79 Å². The summed E-state index contributed by atoms with van der Waals surface area (Å²) in [5.74, 6) is 0.843. The van der Waals surface area contributed by atoms with Gasteiger partial charge >= 0.3 is 0 Å². The van der Waals surface area contributed by atoms with Crippen molar-refractivity contribution >= 4 is 11.7 Å². The molecule has 1 aliphatic rings. The molecule has 2 atom stereocenters. The second kappa shape index (κ2) is 4.69. The van der Waals surface area contributed by atoms with Crippen LogP contribution in [0.25, 0.3) is 0 Å². The molecule has 1 aromatic heterocycles. The van der Waals surface area contributed by atoms with Gasteiger partial charge in [0.1, 0.15) is 5.82 Å². The van der Waals surface area contributed by atoms with E-state index in [4.69, 9.17) is 5.73 Å². The van der Waals surface area contributed by atoms with Crippen LogP contribution in [0.3, 0.4) is 0 Å². The summed E-state index contributed by atoms with van der Waals surface area (Å²) in [7, 11) is 0. The minimum Gasteiger partial charge on any atom is -0.382 e. The molecule has 2 heterocycles. The summed E-state index contributed by atoms with van der Waals surface area (Å²) in [6.07, 6.45) is 2.23. The summed E-state index contributed by atoms with van der Waals surface area (Å²) in [6.45, 7) is 5.04. The highest BCUT2D eigenvalue weighted by Crippen LogP contribution is 2.22. The molecule has 2 unspecified atom stereocenters. The molecule has 5 heteroatoms. The van der Waals surface area contributed by atoms with Gasteiger partial charge in [-0.15, -0.1) is 10.2 Å². The predicted molar refractivity (Wildman–Crippen MR) is 65.3 cm³/mol. The fourth-order valence-electron chi connectivity index (χ4n) is 2.18. The molecule has 0 spiro atoms. The normalized spacial score (nSPS) is 24.7. The smallest absolute Gasteiger partial charge is 0.274 e. The first kappa shape index (κ1) is 11.8. The summed E-state index contributed by atoms with van der Waals surface area (Å²) >= 11 is 0. The van der Waals surface area contributed by atoms with Crippen molar-refractivity contribution in [3.63, 3.8) is 0 Å². The van der Waals surface area contributed by atoms with Gasteiger partial charge in [0, 0.05) is 12.6 Å². The molecule has 0 bridgehead atoms. The molecule has 0 aliphatic carbocycles. The zero-order chi connectivity index (χ0) is 12.4. The van der Waals surface area contributed by atoms with Crippen molar-refractivity contribution in [1.82, 2.24) is 15.1 Å². The first-order valence-electron chi connectivity index (χ1n) is 5.98. The Morgan fingerprint density at radius 3 is 2.76 bits per heavy atom. The van der Waals surface area contributed by atoms with E-state index in [0.29, 0.717) is 17.4 Å². The number of likely N-dealkylation sites (tertiary alicyclic amines) is 1. The Kier molecular flexibility index (Phi) is 3.26. The van der Waals surface area contributed by atoms with Crippen LogP contribution < -0.4 is 5.73 Å². The number of carbonyl (C=O) groups excluding carboxylic acids is 1. The fraction of sp³-hybridized carbons (Fsp3) is 0.583. The highest BCUT2D eigenvalue weighted by atomic mass is 16.2. The Hall–Kier alpha value is -1.65. The van der Waals surface area contributed by atoms with E-state index in [1.54, 1.807) is 12.1 Å². The Morgan fingerprint density at radius 1 is 1.35 bits per heavy atom. The second-order valence-electron chi connectivity index (χ2n) is 4.83. The van der Waals surface area contributed by atoms with Gasteiger partial charge in [0.15, 0.2) is 5.69 Å². The lowest BCUT2D eigenvalue weighted by atomic mass is 9.95. The van der Waals surface area contributed by atoms with E-state index in [-0.39, 0.29) is 11.9 Å². The lowest BCUT2D eigenvalue weighted by Crippen LogP contribution is -2.45. The number of amides is 1. The van der Waals surface area contributed by atoms with Gasteiger partial charge in [0.25, 0.3) is 5.91 Å². The molecule has 0 saturated carbocycles. The van der Waals surface area contributed by atoms with E-state index in [1.807, 2.05) is 4.90 Å². The van der Waals surface area contributed by atoms with Crippen molar-refractivity contribution in [2.75, 3.05) is 12.3 Å². The Bertz CT molecular complexity index is 403. The molecular formula is C12H18N4O. The van der Waals surface area contributed by atoms with Crippen LogP contribution in [0.2, 0.25) is 0 Å². The number of nitrogens with two attached hydrogens (primary N) is 1. The first-order chi connectivity index (χ1) is 8.08. The molecule has 1 fully saturated rings. The van der Waals surface area contributed by atoms with Gasteiger partial charge in [-0.25, -0.2) is 0 Å². The summed E-state index contributed by atoms with van der Waals surface area (Å²) < 4.78 is 0. The number of hydrogen-bond donors (Lipinski definition) is 1. The molecule has 17 heavy (non-hydrogen) atoms. The number of hydrogen-bond acceptors (Lipinski definition) is 4. The predicted octanol–water partition coefficient (Wildman–Crippen LogP) is 1.32. The number of nitrogen functional groups attached to an aromatic ring is 1. The number of anilines is 1. The minimum atomic E-state index is -0.0449. The zero-order valence-corrected chi connectivity index (χ0v) is 10.3. The first-order valence-corrected chi connectivity index (χ1v) is 5.98. The standard InChI is InChI=1S/C12H18N4O/c1-8-3-4-9(2)16(7-8)12(17)10-5-6-11(13)15-14-10/h5-6,8-9H,3-4,7H2,1-2H3,(H2,13,15). The third-order valence-corrected chi connectivity index (χ3v) is 3.28. The maximum absolute atomic E-state index is 12.2. The van der Waals surface area contributed by atoms with Crippen molar-refractivity contribution in [3.8, 4) is 0 Å². The van der Waals surface area contributed by atoms with Crippen molar-refractivity contribution in [2.45, 2.75) is 32.7 Å². The highest BCUT2D eigenvalue weighted by molar-refractivity contribution is 5.92. The molecule has 0 radical (unpaired) electrons. The van der Waals surface area contributed by atoms with Crippen molar-refractivity contribution < 1.29 is 4.79 Å². The molecule has 1 saturated heterocycles. The van der Waals surface area contributed by atoms with E-state index in [1.165, 1.54) is 6.42 Å². The highest BCUT2D eigenvalue weighted by Gasteiger charge is 2.28. The second-order valence-corrected chi connectivity index (χ2v) is 4.83. The number of carbonyl (C=O) groups is 1. The van der Waals surface area contributed by atoms with Crippen LogP contribution in [-0.4, -0.2) is 33.6 Å². The molecule has 2 rings (SSSR count). The van der Waals surface area contributed by atoms with Gasteiger partial charge in [0.05, 0.1) is 0 Å². The molecule has 0 aromatic carbocycles. The van der Waals surface area contributed by atoms with Gasteiger partial charge in [0.2, 0.25) is 0 Å². The van der Waals surface area contributed by atoms with Crippen molar-refractivity contribution in [3.05, 3.63) is 17.8 Å². The maximum atomic E-state index is 12.2. The Balaban J connectivity index is 2.15. The zero-order valence-electron chi connectivity index (χ0n) is 10.3. The van der Waals surface area contributed by atoms with E-state index >= 15 is 0 Å². The van der Waals surface area contributed by atoms with E-state index in [9.17, 15) is 4.79 Å². The van der Waals surface area contributed by atoms with E-state index in [0.717, 1.165) is 13.0 Å². The van der Waals surface area contributed by atoms with Crippen LogP contribution in [0.1, 0.15) is 37.2 Å². The van der Waals surface area contributed by atoms with Crippen molar-refractivity contribution in [2.24, 2.45) is 5.92 Å². The van der Waals surface area contributed by atoms with Crippen LogP contribution in [-0.2, 0) is 0 Å². The summed E-state index contributed by atoms with van der Waals surface area (Å²) in [4.78, 5) is 14.1. The topological polar surface area (TPSA) is 72.1 Å². The van der Waals surface area contributed by atoms with Crippen molar-refractivity contribution in [1.29, 1.82) is 0 Å². The summed E-state index contributed by atoms with van der Waals surface area (Å²) in [6, 6.07) is 3.52. The summed E-state index contributed by atoms with van der Waals surface area (Å²) in [5.41, 5.74) is 5.83. The monoisotopic (exact) mass is 234 g/mol. The molecule has 92 valence electrons. The summed E-state index contributed by atoms with van der Waals surface area (Å²) in [5, 5.41) is 7.57. The van der Waals surface area contributed by atoms with E-state index in [2.05, 4.69) is 24.0 Å². The van der Waals surface area contributed by atoms with Gasteiger partial charge in [-0.1, -0.05) is 6.92 Å². The molecule has 1 aromatic rings. The van der Waals surface area contributed by atoms with Crippen LogP contribution in [0, 0.1) is 5.92 Å². The molecule has 2 N–H and O–H groups in total. The quantitative estimate of drug-likeness (QED) is 0.795. The van der Waals surface area contributed by atoms with E-state index < -0.39 is 0 Å². The fourth-order valence-corrected chi connectivity index (χ4v) is 2.18. The molecular weight excluding hydrogens is 216 g/mol. The molecule has 1 aliphatic heterocycles. The maximum Gasteiger partial charge on any atom is 0.274 e. The Morgan fingerprint density at radius 2 is 2.12 bits per heavy atom. The molecule has 1 amide bonds. The number of rotatable bonds is 1. The minimum absolute atomic E-state index is 0.0449. The van der Waals surface area contributed by atoms with Gasteiger partial charge < -0.3 is 10.6 Å². The average molecular weight is 234 g/mol. The third-order valence-electron chi connectivity index (χ3n) is 3.28. The van der Waals surface area contributed by atoms with Crippen LogP contribution >= 0.6 is 0 Å². The van der Waals surface area contributed by atoms with Gasteiger partial charge in [-0.2, -0.15) is 0 Å². The number of nitrogens with zero attached hydrogens (tertiary/aromatic N) is 3. The lowest BCUT2D eigenvalue weighted by molar-refractivity contribution is 0.0567. The number of piperidine rings is 1. The SMILES string of the molecule is CC1CCC(C)N(C(=O)c2ccc(N)nn2)C1. The van der Waals surface area contributed by atoms with Gasteiger partial charge in [-0.05, 0) is 37.8 Å². The van der Waals surface area contributed by atoms with Crippen LogP contribution in [0.5, 0.6) is 0 Å². The largest absolute Gasteiger partial charge is 0.382 e. The lowest BCUT2D eigenvalue weighted by Gasteiger charge is -2.36. The molecule has 5 nitrogen and oxygen atoms in total. The van der Waals surface area contributed by atoms with Crippen LogP contribution in [0.4, 0.5) is 5.82 Å².